The highest BCUT2D eigenvalue weighted by Gasteiger charge is 2.11. The number of thiocarbonyl (C=S) groups is 1. The monoisotopic (exact) mass is 312 g/mol. The zero-order valence-corrected chi connectivity index (χ0v) is 12.2. The first kappa shape index (κ1) is 14.6. The van der Waals surface area contributed by atoms with Gasteiger partial charge in [0.25, 0.3) is 0 Å². The van der Waals surface area contributed by atoms with Crippen LogP contribution in [-0.2, 0) is 6.42 Å². The molecule has 106 valence electrons. The molecule has 1 heterocycles. The van der Waals surface area contributed by atoms with Gasteiger partial charge < -0.3 is 10.6 Å². The summed E-state index contributed by atoms with van der Waals surface area (Å²) in [7, 11) is 0. The van der Waals surface area contributed by atoms with Gasteiger partial charge in [0.2, 0.25) is 0 Å². The van der Waals surface area contributed by atoms with E-state index in [1.807, 2.05) is 11.0 Å². The number of hydrogen-bond donors (Lipinski definition) is 2. The van der Waals surface area contributed by atoms with Gasteiger partial charge in [0.05, 0.1) is 6.20 Å². The molecule has 0 radical (unpaired) electrons. The minimum atomic E-state index is -0.231. The number of rotatable bonds is 4. The van der Waals surface area contributed by atoms with E-state index >= 15 is 0 Å². The summed E-state index contributed by atoms with van der Waals surface area (Å²) in [5.74, 6) is -0.231. The van der Waals surface area contributed by atoms with Crippen LogP contribution in [0.3, 0.4) is 0 Å². The normalized spacial score (nSPS) is 14.2. The van der Waals surface area contributed by atoms with Gasteiger partial charge >= 0.3 is 0 Å². The van der Waals surface area contributed by atoms with Crippen molar-refractivity contribution in [2.24, 2.45) is 5.73 Å². The molecule has 20 heavy (non-hydrogen) atoms. The summed E-state index contributed by atoms with van der Waals surface area (Å²) >= 11 is 10.9. The molecule has 1 aliphatic rings. The topological polar surface area (TPSA) is 44.5 Å². The van der Waals surface area contributed by atoms with Crippen LogP contribution in [0.2, 0.25) is 0 Å². The van der Waals surface area contributed by atoms with Crippen molar-refractivity contribution in [2.75, 3.05) is 6.54 Å². The van der Waals surface area contributed by atoms with Crippen LogP contribution in [0.15, 0.2) is 48.0 Å². The molecule has 0 saturated carbocycles. The van der Waals surface area contributed by atoms with E-state index in [1.165, 1.54) is 12.1 Å². The van der Waals surface area contributed by atoms with Gasteiger partial charge in [0, 0.05) is 18.9 Å². The summed E-state index contributed by atoms with van der Waals surface area (Å²) in [4.78, 5) is 1.85. The van der Waals surface area contributed by atoms with Gasteiger partial charge in [0.15, 0.2) is 5.11 Å². The third-order valence-electron chi connectivity index (χ3n) is 2.70. The van der Waals surface area contributed by atoms with Crippen molar-refractivity contribution in [1.82, 2.24) is 15.3 Å². The van der Waals surface area contributed by atoms with Crippen LogP contribution < -0.4 is 11.2 Å². The summed E-state index contributed by atoms with van der Waals surface area (Å²) in [6.45, 7) is 0.649. The molecule has 0 bridgehead atoms. The second kappa shape index (κ2) is 6.58. The lowest BCUT2D eigenvalue weighted by molar-refractivity contribution is 0.388. The first-order valence-electron chi connectivity index (χ1n) is 5.96. The number of hydrogen-bond acceptors (Lipinski definition) is 3. The molecule has 0 spiro atoms. The van der Waals surface area contributed by atoms with Crippen molar-refractivity contribution < 1.29 is 4.39 Å². The molecule has 0 atom stereocenters. The Labute approximate surface area is 127 Å². The summed E-state index contributed by atoms with van der Waals surface area (Å²) in [6.07, 6.45) is 5.89. The predicted octanol–water partition coefficient (Wildman–Crippen LogP) is 2.24. The van der Waals surface area contributed by atoms with Crippen LogP contribution in [0.25, 0.3) is 0 Å². The molecule has 1 aromatic rings. The summed E-state index contributed by atoms with van der Waals surface area (Å²) < 4.78 is 13.1. The average Bonchev–Trinajstić information content (AvgIpc) is 2.37. The molecule has 4 nitrogen and oxygen atoms in total. The van der Waals surface area contributed by atoms with Gasteiger partial charge in [-0.15, -0.1) is 0 Å². The van der Waals surface area contributed by atoms with Crippen molar-refractivity contribution >= 4 is 28.9 Å². The molecule has 3 N–H and O–H groups in total. The smallest absolute Gasteiger partial charge is 0.183 e. The third kappa shape index (κ3) is 4.11. The van der Waals surface area contributed by atoms with Crippen LogP contribution in [0, 0.1) is 5.82 Å². The molecule has 0 saturated heterocycles. The number of nitrogens with zero attached hydrogens (tertiary/aromatic N) is 2. The molecule has 0 unspecified atom stereocenters. The molecule has 0 fully saturated rings. The van der Waals surface area contributed by atoms with E-state index in [-0.39, 0.29) is 10.9 Å². The maximum absolute atomic E-state index is 13.1. The fraction of sp³-hybridized carbons (Fsp3) is 0.154. The largest absolute Gasteiger partial charge is 0.375 e. The number of nitrogens with one attached hydrogen (secondary N) is 1. The molecule has 7 heteroatoms. The van der Waals surface area contributed by atoms with Gasteiger partial charge in [0.1, 0.15) is 11.0 Å². The highest BCUT2D eigenvalue weighted by Crippen LogP contribution is 2.17. The number of benzene rings is 1. The summed E-state index contributed by atoms with van der Waals surface area (Å²) in [5.41, 5.74) is 9.03. The van der Waals surface area contributed by atoms with E-state index in [2.05, 4.69) is 5.43 Å². The fourth-order valence-corrected chi connectivity index (χ4v) is 2.13. The van der Waals surface area contributed by atoms with Crippen molar-refractivity contribution in [3.05, 3.63) is 59.4 Å². The van der Waals surface area contributed by atoms with Crippen molar-refractivity contribution in [1.29, 1.82) is 0 Å². The van der Waals surface area contributed by atoms with Gasteiger partial charge in [-0.3, -0.25) is 10.4 Å². The third-order valence-corrected chi connectivity index (χ3v) is 3.10. The van der Waals surface area contributed by atoms with E-state index in [0.29, 0.717) is 18.1 Å². The van der Waals surface area contributed by atoms with Gasteiger partial charge in [-0.25, -0.2) is 4.39 Å². The Morgan fingerprint density at radius 3 is 2.85 bits per heavy atom. The summed E-state index contributed by atoms with van der Waals surface area (Å²) in [5, 5.41) is 2.25. The van der Waals surface area contributed by atoms with Crippen molar-refractivity contribution in [3.63, 3.8) is 0 Å². The molecule has 0 aliphatic carbocycles. The fourth-order valence-electron chi connectivity index (χ4n) is 1.78. The Kier molecular flexibility index (Phi) is 4.81. The molecular weight excluding hydrogens is 299 g/mol. The molecule has 2 rings (SSSR count). The van der Waals surface area contributed by atoms with Gasteiger partial charge in [-0.1, -0.05) is 23.7 Å². The molecule has 1 aromatic carbocycles. The first-order chi connectivity index (χ1) is 9.54. The Morgan fingerprint density at radius 1 is 1.40 bits per heavy atom. The Balaban J connectivity index is 1.92. The SMILES string of the molecule is NC(=S)NN1C=CN(CCc2cccc(F)c2)C(Cl)=C1. The minimum absolute atomic E-state index is 0.156. The van der Waals surface area contributed by atoms with Crippen molar-refractivity contribution in [3.8, 4) is 0 Å². The Hall–Kier alpha value is -1.79. The number of nitrogens with two attached hydrogens (primary N) is 1. The zero-order chi connectivity index (χ0) is 14.5. The van der Waals surface area contributed by atoms with E-state index in [4.69, 9.17) is 29.6 Å². The molecule has 0 amide bonds. The van der Waals surface area contributed by atoms with E-state index in [1.54, 1.807) is 29.7 Å². The van der Waals surface area contributed by atoms with Crippen LogP contribution >= 0.6 is 23.8 Å². The Bertz CT molecular complexity index is 561. The molecule has 0 aromatic heterocycles. The molecular formula is C13H14ClFN4S. The zero-order valence-electron chi connectivity index (χ0n) is 10.6. The van der Waals surface area contributed by atoms with Gasteiger partial charge in [-0.05, 0) is 36.3 Å². The average molecular weight is 313 g/mol. The highest BCUT2D eigenvalue weighted by molar-refractivity contribution is 7.80. The Morgan fingerprint density at radius 2 is 2.20 bits per heavy atom. The van der Waals surface area contributed by atoms with Crippen molar-refractivity contribution in [2.45, 2.75) is 6.42 Å². The lowest BCUT2D eigenvalue weighted by Gasteiger charge is -2.28. The standard InChI is InChI=1S/C13H14ClFN4S/c14-12-9-19(17-13(16)20)7-6-18(12)5-4-10-2-1-3-11(15)8-10/h1-3,6-9H,4-5H2,(H3,16,17,20). The predicted molar refractivity (Wildman–Crippen MR) is 81.6 cm³/mol. The highest BCUT2D eigenvalue weighted by atomic mass is 35.5. The minimum Gasteiger partial charge on any atom is -0.375 e. The number of hydrazine groups is 1. The van der Waals surface area contributed by atoms with Crippen LogP contribution in [0.1, 0.15) is 5.56 Å². The van der Waals surface area contributed by atoms with E-state index in [9.17, 15) is 4.39 Å². The van der Waals surface area contributed by atoms with E-state index in [0.717, 1.165) is 5.56 Å². The maximum Gasteiger partial charge on any atom is 0.183 e. The summed E-state index contributed by atoms with van der Waals surface area (Å²) in [6, 6.07) is 6.53. The van der Waals surface area contributed by atoms with Crippen LogP contribution in [-0.4, -0.2) is 21.6 Å². The van der Waals surface area contributed by atoms with Crippen LogP contribution in [0.4, 0.5) is 4.39 Å². The van der Waals surface area contributed by atoms with E-state index < -0.39 is 0 Å². The lowest BCUT2D eigenvalue weighted by Crippen LogP contribution is -2.40. The lowest BCUT2D eigenvalue weighted by atomic mass is 10.1. The quantitative estimate of drug-likeness (QED) is 0.659. The maximum atomic E-state index is 13.1. The number of halogens is 2. The second-order valence-corrected chi connectivity index (χ2v) is 5.03. The first-order valence-corrected chi connectivity index (χ1v) is 6.74. The van der Waals surface area contributed by atoms with Gasteiger partial charge in [-0.2, -0.15) is 0 Å². The second-order valence-electron chi connectivity index (χ2n) is 4.21. The molecule has 1 aliphatic heterocycles. The van der Waals surface area contributed by atoms with Crippen LogP contribution in [0.5, 0.6) is 0 Å².